The monoisotopic (exact) mass is 569 g/mol. The first kappa shape index (κ1) is 28.8. The predicted octanol–water partition coefficient (Wildman–Crippen LogP) is 1.97. The van der Waals surface area contributed by atoms with E-state index in [9.17, 15) is 14.0 Å². The minimum Gasteiger partial charge on any atom is -0.458 e. The number of amides is 2. The van der Waals surface area contributed by atoms with E-state index in [1.807, 2.05) is 6.92 Å². The van der Waals surface area contributed by atoms with E-state index in [-0.39, 0.29) is 30.3 Å². The Morgan fingerprint density at radius 2 is 1.95 bits per heavy atom. The number of furan rings is 1. The van der Waals surface area contributed by atoms with Gasteiger partial charge in [-0.2, -0.15) is 4.80 Å². The van der Waals surface area contributed by atoms with Crippen LogP contribution >= 0.6 is 0 Å². The molecule has 0 radical (unpaired) electrons. The van der Waals surface area contributed by atoms with Crippen LogP contribution in [0.1, 0.15) is 36.6 Å². The van der Waals surface area contributed by atoms with Crippen LogP contribution in [-0.4, -0.2) is 100 Å². The normalized spacial score (nSPS) is 18.3. The maximum Gasteiger partial charge on any atom is 0.247 e. The molecule has 2 aliphatic rings. The Labute approximate surface area is 237 Å². The molecule has 0 saturated carbocycles. The molecular formula is C28H36FN7O5. The predicted molar refractivity (Wildman–Crippen MR) is 145 cm³/mol. The molecule has 2 amide bonds. The lowest BCUT2D eigenvalue weighted by molar-refractivity contribution is -0.142. The molecule has 5 rings (SSSR count). The van der Waals surface area contributed by atoms with Gasteiger partial charge in [-0.05, 0) is 61.2 Å². The van der Waals surface area contributed by atoms with E-state index >= 15 is 0 Å². The van der Waals surface area contributed by atoms with E-state index in [4.69, 9.17) is 13.9 Å². The summed E-state index contributed by atoms with van der Waals surface area (Å²) in [7, 11) is 0. The van der Waals surface area contributed by atoms with Crippen LogP contribution in [0.5, 0.6) is 0 Å². The summed E-state index contributed by atoms with van der Waals surface area (Å²) in [6.07, 6.45) is 2.36. The van der Waals surface area contributed by atoms with Crippen molar-refractivity contribution < 1.29 is 27.9 Å². The molecule has 2 aliphatic heterocycles. The van der Waals surface area contributed by atoms with Crippen LogP contribution in [0, 0.1) is 12.7 Å². The van der Waals surface area contributed by atoms with Crippen LogP contribution in [0.15, 0.2) is 40.8 Å². The van der Waals surface area contributed by atoms with E-state index in [0.29, 0.717) is 56.4 Å². The Morgan fingerprint density at radius 1 is 1.15 bits per heavy atom. The van der Waals surface area contributed by atoms with E-state index < -0.39 is 11.9 Å². The summed E-state index contributed by atoms with van der Waals surface area (Å²) < 4.78 is 30.5. The number of ether oxygens (including phenoxy) is 2. The number of halogens is 1. The SMILES string of the molecule is Cc1ccc(-c2nnn(CC(=O)N(CCCN3CCOCC3)[C@@H](C(=O)NC[C@@H]3CCCO3)c3ccc(F)cc3)n2)o1. The standard InChI is InChI=1S/C28H36FN7O5/c1-20-5-10-24(41-20)27-31-33-36(32-27)19-25(37)35(12-3-11-34-13-16-39-17-14-34)26(21-6-8-22(29)9-7-21)28(38)30-18-23-4-2-15-40-23/h5-10,23,26H,2-4,11-19H2,1H3,(H,30,38)/t23-,26+/m0/s1. The van der Waals surface area contributed by atoms with Crippen molar-refractivity contribution in [1.29, 1.82) is 0 Å². The van der Waals surface area contributed by atoms with Crippen molar-refractivity contribution in [2.24, 2.45) is 0 Å². The second kappa shape index (κ2) is 13.8. The highest BCUT2D eigenvalue weighted by Gasteiger charge is 2.32. The molecule has 12 nitrogen and oxygen atoms in total. The van der Waals surface area contributed by atoms with Gasteiger partial charge < -0.3 is 24.1 Å². The lowest BCUT2D eigenvalue weighted by atomic mass is 10.0. The smallest absolute Gasteiger partial charge is 0.247 e. The average Bonchev–Trinajstić information content (AvgIpc) is 3.75. The third kappa shape index (κ3) is 7.75. The summed E-state index contributed by atoms with van der Waals surface area (Å²) in [6.45, 7) is 6.58. The highest BCUT2D eigenvalue weighted by molar-refractivity contribution is 5.88. The molecule has 0 aliphatic carbocycles. The van der Waals surface area contributed by atoms with Crippen LogP contribution in [0.4, 0.5) is 4.39 Å². The van der Waals surface area contributed by atoms with Gasteiger partial charge in [0.15, 0.2) is 5.76 Å². The second-order valence-electron chi connectivity index (χ2n) is 10.3. The molecule has 1 N–H and O–H groups in total. The number of hydrogen-bond donors (Lipinski definition) is 1. The number of aromatic nitrogens is 4. The zero-order valence-corrected chi connectivity index (χ0v) is 23.2. The number of hydrogen-bond acceptors (Lipinski definition) is 9. The minimum absolute atomic E-state index is 0.0682. The summed E-state index contributed by atoms with van der Waals surface area (Å²) in [5.41, 5.74) is 0.509. The van der Waals surface area contributed by atoms with E-state index in [0.717, 1.165) is 32.5 Å². The van der Waals surface area contributed by atoms with Gasteiger partial charge in [0, 0.05) is 39.3 Å². The minimum atomic E-state index is -0.982. The lowest BCUT2D eigenvalue weighted by Gasteiger charge is -2.33. The van der Waals surface area contributed by atoms with Crippen molar-refractivity contribution >= 4 is 11.8 Å². The van der Waals surface area contributed by atoms with Gasteiger partial charge in [-0.25, -0.2) is 4.39 Å². The van der Waals surface area contributed by atoms with Crippen molar-refractivity contribution in [3.05, 3.63) is 53.5 Å². The Bertz CT molecular complexity index is 1280. The van der Waals surface area contributed by atoms with Gasteiger partial charge in [-0.15, -0.1) is 10.2 Å². The summed E-state index contributed by atoms with van der Waals surface area (Å²) in [5, 5.41) is 15.3. The van der Waals surface area contributed by atoms with Gasteiger partial charge in [0.05, 0.1) is 19.3 Å². The molecule has 0 spiro atoms. The first-order valence-electron chi connectivity index (χ1n) is 14.1. The third-order valence-corrected chi connectivity index (χ3v) is 7.26. The van der Waals surface area contributed by atoms with Crippen LogP contribution in [-0.2, 0) is 25.6 Å². The van der Waals surface area contributed by atoms with Crippen LogP contribution in [0.2, 0.25) is 0 Å². The summed E-state index contributed by atoms with van der Waals surface area (Å²) >= 11 is 0. The zero-order valence-electron chi connectivity index (χ0n) is 23.2. The van der Waals surface area contributed by atoms with Gasteiger partial charge in [0.2, 0.25) is 17.6 Å². The Kier molecular flexibility index (Phi) is 9.70. The maximum atomic E-state index is 13.9. The number of rotatable bonds is 12. The highest BCUT2D eigenvalue weighted by atomic mass is 19.1. The summed E-state index contributed by atoms with van der Waals surface area (Å²) in [4.78, 5) is 32.5. The molecule has 2 fully saturated rings. The van der Waals surface area contributed by atoms with Crippen molar-refractivity contribution in [3.63, 3.8) is 0 Å². The van der Waals surface area contributed by atoms with E-state index in [1.54, 1.807) is 24.3 Å². The van der Waals surface area contributed by atoms with E-state index in [1.165, 1.54) is 21.8 Å². The highest BCUT2D eigenvalue weighted by Crippen LogP contribution is 2.24. The molecule has 0 bridgehead atoms. The molecule has 41 heavy (non-hydrogen) atoms. The Balaban J connectivity index is 1.36. The van der Waals surface area contributed by atoms with E-state index in [2.05, 4.69) is 25.6 Å². The number of nitrogens with zero attached hydrogens (tertiary/aromatic N) is 6. The van der Waals surface area contributed by atoms with Gasteiger partial charge in [0.25, 0.3) is 0 Å². The van der Waals surface area contributed by atoms with Gasteiger partial charge in [-0.3, -0.25) is 14.5 Å². The molecular weight excluding hydrogens is 533 g/mol. The molecule has 0 unspecified atom stereocenters. The van der Waals surface area contributed by atoms with Gasteiger partial charge in [0.1, 0.15) is 24.2 Å². The first-order valence-corrected chi connectivity index (χ1v) is 14.1. The lowest BCUT2D eigenvalue weighted by Crippen LogP contribution is -2.47. The van der Waals surface area contributed by atoms with Crippen molar-refractivity contribution in [1.82, 2.24) is 35.3 Å². The quantitative estimate of drug-likeness (QED) is 0.348. The number of aryl methyl sites for hydroxylation is 1. The third-order valence-electron chi connectivity index (χ3n) is 7.26. The Hall–Kier alpha value is -3.68. The fourth-order valence-corrected chi connectivity index (χ4v) is 5.10. The first-order chi connectivity index (χ1) is 20.0. The van der Waals surface area contributed by atoms with Gasteiger partial charge >= 0.3 is 0 Å². The average molecular weight is 570 g/mol. The van der Waals surface area contributed by atoms with Crippen molar-refractivity contribution in [3.8, 4) is 11.6 Å². The number of tetrazole rings is 1. The number of carbonyl (C=O) groups excluding carboxylic acids is 2. The molecule has 4 heterocycles. The second-order valence-corrected chi connectivity index (χ2v) is 10.3. The van der Waals surface area contributed by atoms with Crippen LogP contribution < -0.4 is 5.32 Å². The molecule has 3 aromatic rings. The molecule has 220 valence electrons. The number of morpholine rings is 1. The molecule has 2 saturated heterocycles. The summed E-state index contributed by atoms with van der Waals surface area (Å²) in [5.74, 6) is 0.258. The molecule has 1 aromatic carbocycles. The number of nitrogens with one attached hydrogen (secondary N) is 1. The number of benzene rings is 1. The molecule has 2 aromatic heterocycles. The molecule has 2 atom stereocenters. The Morgan fingerprint density at radius 3 is 2.66 bits per heavy atom. The fraction of sp³-hybridized carbons (Fsp3) is 0.536. The van der Waals surface area contributed by atoms with Crippen LogP contribution in [0.3, 0.4) is 0 Å². The maximum absolute atomic E-state index is 13.9. The summed E-state index contributed by atoms with van der Waals surface area (Å²) in [6, 6.07) is 8.22. The molecule has 13 heteroatoms. The number of carbonyl (C=O) groups is 2. The largest absolute Gasteiger partial charge is 0.458 e. The zero-order chi connectivity index (χ0) is 28.6. The van der Waals surface area contributed by atoms with Crippen molar-refractivity contribution in [2.45, 2.75) is 44.9 Å². The van der Waals surface area contributed by atoms with Crippen molar-refractivity contribution in [2.75, 3.05) is 52.5 Å². The van der Waals surface area contributed by atoms with Crippen LogP contribution in [0.25, 0.3) is 11.6 Å². The fourth-order valence-electron chi connectivity index (χ4n) is 5.10. The van der Waals surface area contributed by atoms with Gasteiger partial charge in [-0.1, -0.05) is 12.1 Å². The topological polar surface area (TPSA) is 128 Å².